The maximum atomic E-state index is 12.4. The van der Waals surface area contributed by atoms with Crippen LogP contribution in [-0.4, -0.2) is 31.2 Å². The van der Waals surface area contributed by atoms with E-state index >= 15 is 0 Å². The number of urea groups is 1. The molecule has 3 amide bonds. The second-order valence-electron chi connectivity index (χ2n) is 7.80. The van der Waals surface area contributed by atoms with Gasteiger partial charge in [-0.25, -0.2) is 4.79 Å². The number of carbonyl (C=O) groups excluding carboxylic acids is 2. The molecule has 1 fully saturated rings. The van der Waals surface area contributed by atoms with E-state index in [2.05, 4.69) is 24.5 Å². The van der Waals surface area contributed by atoms with E-state index in [4.69, 9.17) is 15.2 Å². The van der Waals surface area contributed by atoms with Crippen molar-refractivity contribution in [3.05, 3.63) is 23.8 Å². The van der Waals surface area contributed by atoms with Crippen molar-refractivity contribution in [1.82, 2.24) is 10.6 Å². The van der Waals surface area contributed by atoms with Crippen LogP contribution in [0.2, 0.25) is 0 Å². The van der Waals surface area contributed by atoms with Crippen molar-refractivity contribution in [2.75, 3.05) is 13.2 Å². The normalized spacial score (nSPS) is 22.3. The summed E-state index contributed by atoms with van der Waals surface area (Å²) in [6.45, 7) is 5.42. The van der Waals surface area contributed by atoms with Crippen LogP contribution in [0.1, 0.15) is 51.1 Å². The third-order valence-electron chi connectivity index (χ3n) is 5.14. The van der Waals surface area contributed by atoms with E-state index in [-0.39, 0.29) is 35.9 Å². The first kappa shape index (κ1) is 19.3. The zero-order valence-electron chi connectivity index (χ0n) is 16.0. The van der Waals surface area contributed by atoms with Gasteiger partial charge in [-0.3, -0.25) is 4.79 Å². The largest absolute Gasteiger partial charge is 0.490 e. The Morgan fingerprint density at radius 3 is 2.56 bits per heavy atom. The zero-order valence-corrected chi connectivity index (χ0v) is 16.0. The number of rotatable bonds is 6. The standard InChI is InChI=1S/C20H29N3O4/c1-12(2)19(14-4-5-16-17(11-14)27-7-3-6-26-16)23-20(25)22-15-8-13(9-15)10-18(21)24/h4-5,11-13,15,19H,3,6-10H2,1-2H3,(H2,21,24)(H2,22,23,25). The summed E-state index contributed by atoms with van der Waals surface area (Å²) in [6, 6.07) is 5.62. The van der Waals surface area contributed by atoms with Gasteiger partial charge in [0.25, 0.3) is 0 Å². The Hall–Kier alpha value is -2.44. The van der Waals surface area contributed by atoms with E-state index in [1.54, 1.807) is 0 Å². The summed E-state index contributed by atoms with van der Waals surface area (Å²) in [5.41, 5.74) is 6.20. The molecule has 1 heterocycles. The average molecular weight is 375 g/mol. The molecule has 1 aromatic carbocycles. The molecule has 27 heavy (non-hydrogen) atoms. The number of benzene rings is 1. The van der Waals surface area contributed by atoms with Crippen molar-refractivity contribution >= 4 is 11.9 Å². The molecule has 2 aliphatic rings. The first-order valence-corrected chi connectivity index (χ1v) is 9.67. The van der Waals surface area contributed by atoms with Gasteiger partial charge >= 0.3 is 6.03 Å². The van der Waals surface area contributed by atoms with Gasteiger partial charge in [0, 0.05) is 18.9 Å². The van der Waals surface area contributed by atoms with Gasteiger partial charge in [0.2, 0.25) is 5.91 Å². The molecule has 0 bridgehead atoms. The number of ether oxygens (including phenoxy) is 2. The fourth-order valence-electron chi connectivity index (χ4n) is 3.68. The summed E-state index contributed by atoms with van der Waals surface area (Å²) in [7, 11) is 0. The molecule has 1 atom stereocenters. The van der Waals surface area contributed by atoms with E-state index in [0.29, 0.717) is 19.6 Å². The van der Waals surface area contributed by atoms with Crippen molar-refractivity contribution < 1.29 is 19.1 Å². The van der Waals surface area contributed by atoms with Crippen LogP contribution in [0.25, 0.3) is 0 Å². The number of fused-ring (bicyclic) bond motifs is 1. The summed E-state index contributed by atoms with van der Waals surface area (Å²) < 4.78 is 11.4. The van der Waals surface area contributed by atoms with Crippen molar-refractivity contribution in [2.24, 2.45) is 17.6 Å². The lowest BCUT2D eigenvalue weighted by molar-refractivity contribution is -0.119. The monoisotopic (exact) mass is 375 g/mol. The molecule has 1 aliphatic carbocycles. The second-order valence-corrected chi connectivity index (χ2v) is 7.80. The Bertz CT molecular complexity index is 686. The minimum atomic E-state index is -0.280. The molecular weight excluding hydrogens is 346 g/mol. The predicted octanol–water partition coefficient (Wildman–Crippen LogP) is 2.50. The highest BCUT2D eigenvalue weighted by molar-refractivity contribution is 5.76. The number of amides is 3. The quantitative estimate of drug-likeness (QED) is 0.711. The smallest absolute Gasteiger partial charge is 0.315 e. The number of carbonyl (C=O) groups is 2. The Kier molecular flexibility index (Phi) is 6.08. The maximum absolute atomic E-state index is 12.4. The highest BCUT2D eigenvalue weighted by atomic mass is 16.5. The molecule has 0 aromatic heterocycles. The third-order valence-corrected chi connectivity index (χ3v) is 5.14. The van der Waals surface area contributed by atoms with Gasteiger partial charge in [0.1, 0.15) is 0 Å². The van der Waals surface area contributed by atoms with Crippen LogP contribution in [0.15, 0.2) is 18.2 Å². The number of nitrogens with one attached hydrogen (secondary N) is 2. The topological polar surface area (TPSA) is 103 Å². The minimum Gasteiger partial charge on any atom is -0.490 e. The zero-order chi connectivity index (χ0) is 19.4. The lowest BCUT2D eigenvalue weighted by atomic mass is 9.78. The van der Waals surface area contributed by atoms with Gasteiger partial charge in [0.05, 0.1) is 19.3 Å². The number of nitrogens with two attached hydrogens (primary N) is 1. The predicted molar refractivity (Wildman–Crippen MR) is 102 cm³/mol. The van der Waals surface area contributed by atoms with Crippen molar-refractivity contribution in [2.45, 2.75) is 51.6 Å². The molecule has 7 heteroatoms. The SMILES string of the molecule is CC(C)C(NC(=O)NC1CC(CC(N)=O)C1)c1ccc2c(c1)OCCCO2. The molecule has 4 N–H and O–H groups in total. The van der Waals surface area contributed by atoms with E-state index < -0.39 is 0 Å². The molecule has 1 aromatic rings. The highest BCUT2D eigenvalue weighted by Gasteiger charge is 2.32. The molecular formula is C20H29N3O4. The van der Waals surface area contributed by atoms with Crippen LogP contribution in [-0.2, 0) is 4.79 Å². The van der Waals surface area contributed by atoms with Crippen molar-refractivity contribution in [3.63, 3.8) is 0 Å². The van der Waals surface area contributed by atoms with E-state index in [9.17, 15) is 9.59 Å². The van der Waals surface area contributed by atoms with Gasteiger partial charge in [-0.1, -0.05) is 19.9 Å². The lowest BCUT2D eigenvalue weighted by Gasteiger charge is -2.35. The Morgan fingerprint density at radius 1 is 1.19 bits per heavy atom. The van der Waals surface area contributed by atoms with Gasteiger partial charge < -0.3 is 25.8 Å². The second kappa shape index (κ2) is 8.50. The van der Waals surface area contributed by atoms with E-state index in [0.717, 1.165) is 36.3 Å². The number of hydrogen-bond donors (Lipinski definition) is 3. The van der Waals surface area contributed by atoms with Crippen LogP contribution in [0.3, 0.4) is 0 Å². The van der Waals surface area contributed by atoms with E-state index in [1.165, 1.54) is 0 Å². The van der Waals surface area contributed by atoms with Crippen molar-refractivity contribution in [1.29, 1.82) is 0 Å². The molecule has 0 saturated heterocycles. The Balaban J connectivity index is 1.59. The first-order valence-electron chi connectivity index (χ1n) is 9.67. The van der Waals surface area contributed by atoms with Gasteiger partial charge in [-0.05, 0) is 42.4 Å². The van der Waals surface area contributed by atoms with Crippen molar-refractivity contribution in [3.8, 4) is 11.5 Å². The van der Waals surface area contributed by atoms with Crippen LogP contribution >= 0.6 is 0 Å². The van der Waals surface area contributed by atoms with Gasteiger partial charge in [-0.15, -0.1) is 0 Å². The summed E-state index contributed by atoms with van der Waals surface area (Å²) >= 11 is 0. The Morgan fingerprint density at radius 2 is 1.89 bits per heavy atom. The number of hydrogen-bond acceptors (Lipinski definition) is 4. The summed E-state index contributed by atoms with van der Waals surface area (Å²) in [5.74, 6) is 1.70. The molecule has 1 saturated carbocycles. The van der Waals surface area contributed by atoms with Gasteiger partial charge in [-0.2, -0.15) is 0 Å². The molecule has 0 spiro atoms. The fraction of sp³-hybridized carbons (Fsp3) is 0.600. The average Bonchev–Trinajstić information content (AvgIpc) is 2.81. The highest BCUT2D eigenvalue weighted by Crippen LogP contribution is 2.34. The molecule has 0 radical (unpaired) electrons. The molecule has 3 rings (SSSR count). The summed E-state index contributed by atoms with van der Waals surface area (Å²) in [4.78, 5) is 23.4. The van der Waals surface area contributed by atoms with Crippen LogP contribution < -0.4 is 25.8 Å². The summed E-state index contributed by atoms with van der Waals surface area (Å²) in [6.07, 6.45) is 2.85. The lowest BCUT2D eigenvalue weighted by Crippen LogP contribution is -2.50. The molecule has 1 unspecified atom stereocenters. The fourth-order valence-corrected chi connectivity index (χ4v) is 3.68. The Labute approximate surface area is 160 Å². The van der Waals surface area contributed by atoms with Crippen LogP contribution in [0, 0.1) is 11.8 Å². The molecule has 148 valence electrons. The molecule has 1 aliphatic heterocycles. The third kappa shape index (κ3) is 5.05. The van der Waals surface area contributed by atoms with E-state index in [1.807, 2.05) is 18.2 Å². The van der Waals surface area contributed by atoms with Crippen LogP contribution in [0.4, 0.5) is 4.79 Å². The first-order chi connectivity index (χ1) is 12.9. The maximum Gasteiger partial charge on any atom is 0.315 e. The minimum absolute atomic E-state index is 0.103. The van der Waals surface area contributed by atoms with Gasteiger partial charge in [0.15, 0.2) is 11.5 Å². The number of primary amides is 1. The summed E-state index contributed by atoms with van der Waals surface area (Å²) in [5, 5.41) is 6.06. The molecule has 7 nitrogen and oxygen atoms in total. The van der Waals surface area contributed by atoms with Crippen LogP contribution in [0.5, 0.6) is 11.5 Å².